The van der Waals surface area contributed by atoms with Gasteiger partial charge in [-0.25, -0.2) is 9.48 Å². The molecule has 1 aromatic heterocycles. The molecule has 0 N–H and O–H groups in total. The minimum Gasteiger partial charge on any atom is -0.464 e. The monoisotopic (exact) mass is 283 g/mol. The number of carbonyl (C=O) groups excluding carboxylic acids is 1. The van der Waals surface area contributed by atoms with Crippen LogP contribution in [0.5, 0.6) is 0 Å². The van der Waals surface area contributed by atoms with Gasteiger partial charge in [0.15, 0.2) is 5.69 Å². The minimum absolute atomic E-state index is 0.187. The Hall–Kier alpha value is -2.61. The van der Waals surface area contributed by atoms with E-state index in [0.717, 1.165) is 11.4 Å². The largest absolute Gasteiger partial charge is 0.464 e. The second-order valence-electron chi connectivity index (χ2n) is 5.73. The average Bonchev–Trinajstić information content (AvgIpc) is 2.92. The number of carbonyl (C=O) groups is 1. The van der Waals surface area contributed by atoms with Crippen LogP contribution in [0.15, 0.2) is 30.3 Å². The van der Waals surface area contributed by atoms with Gasteiger partial charge in [-0.1, -0.05) is 20.8 Å². The zero-order valence-electron chi connectivity index (χ0n) is 12.5. The maximum absolute atomic E-state index is 11.7. The molecule has 0 unspecified atom stereocenters. The van der Waals surface area contributed by atoms with Crippen LogP contribution < -0.4 is 0 Å². The lowest BCUT2D eigenvalue weighted by molar-refractivity contribution is 0.0593. The summed E-state index contributed by atoms with van der Waals surface area (Å²) in [4.78, 5) is 11.7. The van der Waals surface area contributed by atoms with Crippen LogP contribution in [0, 0.1) is 11.3 Å². The van der Waals surface area contributed by atoms with E-state index in [4.69, 9.17) is 10.00 Å². The van der Waals surface area contributed by atoms with Gasteiger partial charge in [-0.3, -0.25) is 0 Å². The van der Waals surface area contributed by atoms with Crippen molar-refractivity contribution in [2.75, 3.05) is 7.11 Å². The predicted octanol–water partition coefficient (Wildman–Crippen LogP) is 2.83. The molecule has 0 fully saturated rings. The van der Waals surface area contributed by atoms with Crippen LogP contribution in [-0.4, -0.2) is 22.9 Å². The van der Waals surface area contributed by atoms with E-state index in [-0.39, 0.29) is 11.1 Å². The number of nitriles is 1. The lowest BCUT2D eigenvalue weighted by atomic mass is 9.91. The molecule has 1 heterocycles. The SMILES string of the molecule is COC(=O)c1cc(C(C)(C)C)n(-c2ccc(C#N)cc2)n1. The minimum atomic E-state index is -0.465. The van der Waals surface area contributed by atoms with E-state index in [9.17, 15) is 4.79 Å². The lowest BCUT2D eigenvalue weighted by Crippen LogP contribution is -2.17. The standard InChI is InChI=1S/C16H17N3O2/c1-16(2,3)14-9-13(15(20)21-4)18-19(14)12-7-5-11(10-17)6-8-12/h5-9H,1-4H3. The third-order valence-corrected chi connectivity index (χ3v) is 3.11. The highest BCUT2D eigenvalue weighted by molar-refractivity contribution is 5.87. The molecule has 5 heteroatoms. The summed E-state index contributed by atoms with van der Waals surface area (Å²) in [6, 6.07) is 10.9. The normalized spacial score (nSPS) is 11.0. The molecule has 21 heavy (non-hydrogen) atoms. The van der Waals surface area contributed by atoms with E-state index in [1.807, 2.05) is 32.9 Å². The Balaban J connectivity index is 2.57. The number of rotatable bonds is 2. The fourth-order valence-electron chi connectivity index (χ4n) is 1.99. The van der Waals surface area contributed by atoms with Gasteiger partial charge in [-0.05, 0) is 30.3 Å². The predicted molar refractivity (Wildman–Crippen MR) is 78.3 cm³/mol. The van der Waals surface area contributed by atoms with Gasteiger partial charge in [-0.15, -0.1) is 0 Å². The van der Waals surface area contributed by atoms with E-state index < -0.39 is 5.97 Å². The van der Waals surface area contributed by atoms with Gasteiger partial charge in [0, 0.05) is 5.41 Å². The third kappa shape index (κ3) is 2.95. The van der Waals surface area contributed by atoms with Gasteiger partial charge in [0.05, 0.1) is 30.1 Å². The van der Waals surface area contributed by atoms with Crippen molar-refractivity contribution in [1.82, 2.24) is 9.78 Å². The van der Waals surface area contributed by atoms with Gasteiger partial charge in [0.25, 0.3) is 0 Å². The molecule has 0 aliphatic rings. The second-order valence-corrected chi connectivity index (χ2v) is 5.73. The molecular weight excluding hydrogens is 266 g/mol. The lowest BCUT2D eigenvalue weighted by Gasteiger charge is -2.20. The molecule has 5 nitrogen and oxygen atoms in total. The summed E-state index contributed by atoms with van der Waals surface area (Å²) in [6.07, 6.45) is 0. The first kappa shape index (κ1) is 14.8. The Bertz CT molecular complexity index is 701. The van der Waals surface area contributed by atoms with E-state index >= 15 is 0 Å². The number of benzene rings is 1. The summed E-state index contributed by atoms with van der Waals surface area (Å²) >= 11 is 0. The van der Waals surface area contributed by atoms with Crippen molar-refractivity contribution in [3.8, 4) is 11.8 Å². The third-order valence-electron chi connectivity index (χ3n) is 3.11. The second kappa shape index (κ2) is 5.41. The molecule has 0 aliphatic heterocycles. The number of hydrogen-bond acceptors (Lipinski definition) is 4. The maximum Gasteiger partial charge on any atom is 0.358 e. The van der Waals surface area contributed by atoms with Crippen molar-refractivity contribution < 1.29 is 9.53 Å². The highest BCUT2D eigenvalue weighted by atomic mass is 16.5. The summed E-state index contributed by atoms with van der Waals surface area (Å²) in [5.41, 5.74) is 2.36. The summed E-state index contributed by atoms with van der Waals surface area (Å²) in [5.74, 6) is -0.465. The van der Waals surface area contributed by atoms with Gasteiger partial charge >= 0.3 is 5.97 Å². The van der Waals surface area contributed by atoms with Crippen molar-refractivity contribution >= 4 is 5.97 Å². The molecule has 2 rings (SSSR count). The Labute approximate surface area is 123 Å². The summed E-state index contributed by atoms with van der Waals surface area (Å²) in [6.45, 7) is 6.14. The van der Waals surface area contributed by atoms with Crippen molar-refractivity contribution in [3.05, 3.63) is 47.3 Å². The Morgan fingerprint density at radius 2 is 1.90 bits per heavy atom. The van der Waals surface area contributed by atoms with Crippen LogP contribution in [0.4, 0.5) is 0 Å². The van der Waals surface area contributed by atoms with E-state index in [0.29, 0.717) is 5.56 Å². The average molecular weight is 283 g/mol. The summed E-state index contributed by atoms with van der Waals surface area (Å²) in [7, 11) is 1.33. The Kier molecular flexibility index (Phi) is 3.81. The van der Waals surface area contributed by atoms with Crippen molar-refractivity contribution in [2.45, 2.75) is 26.2 Å². The molecule has 0 bridgehead atoms. The van der Waals surface area contributed by atoms with Crippen LogP contribution in [-0.2, 0) is 10.2 Å². The summed E-state index contributed by atoms with van der Waals surface area (Å²) in [5, 5.41) is 13.2. The molecule has 0 spiro atoms. The fraction of sp³-hybridized carbons (Fsp3) is 0.312. The quantitative estimate of drug-likeness (QED) is 0.795. The zero-order chi connectivity index (χ0) is 15.6. The molecule has 108 valence electrons. The topological polar surface area (TPSA) is 67.9 Å². The first-order valence-corrected chi connectivity index (χ1v) is 6.56. The number of methoxy groups -OCH3 is 1. The number of ether oxygens (including phenoxy) is 1. The maximum atomic E-state index is 11.7. The first-order chi connectivity index (χ1) is 9.86. The smallest absolute Gasteiger partial charge is 0.358 e. The van der Waals surface area contributed by atoms with E-state index in [1.54, 1.807) is 22.9 Å². The molecule has 0 radical (unpaired) electrons. The van der Waals surface area contributed by atoms with Crippen LogP contribution in [0.25, 0.3) is 5.69 Å². The van der Waals surface area contributed by atoms with Crippen LogP contribution in [0.1, 0.15) is 42.5 Å². The van der Waals surface area contributed by atoms with Crippen molar-refractivity contribution in [3.63, 3.8) is 0 Å². The van der Waals surface area contributed by atoms with E-state index in [2.05, 4.69) is 11.2 Å². The Morgan fingerprint density at radius 1 is 1.29 bits per heavy atom. The molecule has 0 saturated carbocycles. The zero-order valence-corrected chi connectivity index (χ0v) is 12.5. The van der Waals surface area contributed by atoms with Gasteiger partial charge in [0.2, 0.25) is 0 Å². The number of esters is 1. The van der Waals surface area contributed by atoms with Crippen molar-refractivity contribution in [2.24, 2.45) is 0 Å². The van der Waals surface area contributed by atoms with E-state index in [1.165, 1.54) is 7.11 Å². The first-order valence-electron chi connectivity index (χ1n) is 6.56. The number of nitrogens with zero attached hydrogens (tertiary/aromatic N) is 3. The van der Waals surface area contributed by atoms with Crippen LogP contribution in [0.2, 0.25) is 0 Å². The van der Waals surface area contributed by atoms with Gasteiger partial charge < -0.3 is 4.74 Å². The Morgan fingerprint density at radius 3 is 2.38 bits per heavy atom. The molecule has 1 aromatic carbocycles. The highest BCUT2D eigenvalue weighted by Gasteiger charge is 2.24. The molecule has 0 amide bonds. The van der Waals surface area contributed by atoms with Gasteiger partial charge in [0.1, 0.15) is 0 Å². The van der Waals surface area contributed by atoms with Crippen molar-refractivity contribution in [1.29, 1.82) is 5.26 Å². The molecular formula is C16H17N3O2. The highest BCUT2D eigenvalue weighted by Crippen LogP contribution is 2.26. The number of hydrogen-bond donors (Lipinski definition) is 0. The molecule has 0 atom stereocenters. The van der Waals surface area contributed by atoms with Crippen LogP contribution in [0.3, 0.4) is 0 Å². The summed E-state index contributed by atoms with van der Waals surface area (Å²) < 4.78 is 6.45. The van der Waals surface area contributed by atoms with Gasteiger partial charge in [-0.2, -0.15) is 10.4 Å². The molecule has 0 aliphatic carbocycles. The molecule has 0 saturated heterocycles. The number of aromatic nitrogens is 2. The molecule has 2 aromatic rings. The van der Waals surface area contributed by atoms with Crippen LogP contribution >= 0.6 is 0 Å². The fourth-order valence-corrected chi connectivity index (χ4v) is 1.99.